The molecule has 0 spiro atoms. The number of piperidine rings is 1. The van der Waals surface area contributed by atoms with Gasteiger partial charge in [0.1, 0.15) is 6.04 Å². The van der Waals surface area contributed by atoms with E-state index < -0.39 is 34.4 Å². The maximum absolute atomic E-state index is 12.3. The van der Waals surface area contributed by atoms with Crippen molar-refractivity contribution in [2.24, 2.45) is 0 Å². The van der Waals surface area contributed by atoms with E-state index in [-0.39, 0.29) is 42.2 Å². The van der Waals surface area contributed by atoms with Crippen molar-refractivity contribution < 1.29 is 61.2 Å². The Morgan fingerprint density at radius 3 is 2.60 bits per heavy atom. The van der Waals surface area contributed by atoms with Crippen LogP contribution in [0.5, 0.6) is 0 Å². The third kappa shape index (κ3) is 4.83. The monoisotopic (exact) mass is 386 g/mol. The van der Waals surface area contributed by atoms with E-state index in [9.17, 15) is 22.6 Å². The molecule has 2 bridgehead atoms. The predicted octanol–water partition coefficient (Wildman–Crippen LogP) is -4.60. The number of carbonyl (C=O) groups is 2. The van der Waals surface area contributed by atoms with Gasteiger partial charge in [-0.3, -0.25) is 9.63 Å². The Kier molecular flexibility index (Phi) is 6.71. The van der Waals surface area contributed by atoms with E-state index in [2.05, 4.69) is 14.7 Å². The first-order valence-electron chi connectivity index (χ1n) is 7.64. The van der Waals surface area contributed by atoms with Gasteiger partial charge in [-0.05, 0) is 26.3 Å². The number of likely N-dealkylation sites (tertiary alicyclic amines) is 1. The van der Waals surface area contributed by atoms with Gasteiger partial charge in [-0.15, -0.1) is 0 Å². The Labute approximate surface area is 167 Å². The molecule has 3 amide bonds. The minimum absolute atomic E-state index is 0. The molecule has 0 aromatic rings. The number of carbonyl (C=O) groups excluding carboxylic acids is 2. The van der Waals surface area contributed by atoms with Crippen molar-refractivity contribution in [1.82, 2.24) is 20.3 Å². The fourth-order valence-corrected chi connectivity index (χ4v) is 3.68. The van der Waals surface area contributed by atoms with Gasteiger partial charge in [-0.25, -0.2) is 18.7 Å². The number of hydroxylamine groups is 3. The van der Waals surface area contributed by atoms with Gasteiger partial charge in [0, 0.05) is 19.6 Å². The van der Waals surface area contributed by atoms with Gasteiger partial charge in [0.15, 0.2) is 0 Å². The number of fused-ring (bicyclic) bond motifs is 2. The number of rotatable bonds is 5. The van der Waals surface area contributed by atoms with Crippen molar-refractivity contribution >= 4 is 22.3 Å². The number of urea groups is 1. The molecule has 3 fully saturated rings. The molecular formula is C12H19N4NaO7S. The van der Waals surface area contributed by atoms with E-state index in [1.165, 1.54) is 4.90 Å². The van der Waals surface area contributed by atoms with Crippen LogP contribution in [0, 0.1) is 0 Å². The molecule has 13 heteroatoms. The second-order valence-electron chi connectivity index (χ2n) is 6.25. The summed E-state index contributed by atoms with van der Waals surface area (Å²) in [5.41, 5.74) is 2.38. The molecule has 0 aromatic heterocycles. The topological polar surface area (TPSA) is 132 Å². The summed E-state index contributed by atoms with van der Waals surface area (Å²) in [4.78, 5) is 33.1. The summed E-state index contributed by atoms with van der Waals surface area (Å²) in [6, 6.07) is -2.15. The number of nitrogens with one attached hydrogen (secondary N) is 1. The Bertz CT molecular complexity index is 633. The standard InChI is InChI=1S/C12H20N4O7S.Na/c1-14-5-4-9(7-14)22-13-11(17)10-3-2-8-6-15(10)12(18)16(8)23-24(19,20)21;/h8-10H,2-7H2,1H3,(H,13,17)(H,19,20,21);/q;+1/p-1/t8-,9+,10+;/m1./s1. The normalized spacial score (nSPS) is 29.7. The van der Waals surface area contributed by atoms with Crippen LogP contribution in [0.3, 0.4) is 0 Å². The number of hydrogen-bond acceptors (Lipinski definition) is 8. The molecule has 0 saturated carbocycles. The smallest absolute Gasteiger partial charge is 0.724 e. The summed E-state index contributed by atoms with van der Waals surface area (Å²) in [6.07, 6.45) is 1.38. The Morgan fingerprint density at radius 1 is 1.28 bits per heavy atom. The van der Waals surface area contributed by atoms with Gasteiger partial charge in [0.05, 0.1) is 12.1 Å². The van der Waals surface area contributed by atoms with Gasteiger partial charge >= 0.3 is 35.6 Å². The van der Waals surface area contributed by atoms with E-state index in [1.54, 1.807) is 0 Å². The maximum atomic E-state index is 12.3. The van der Waals surface area contributed by atoms with E-state index in [0.717, 1.165) is 13.0 Å². The Morgan fingerprint density at radius 2 is 2.00 bits per heavy atom. The molecule has 0 radical (unpaired) electrons. The largest absolute Gasteiger partial charge is 1.00 e. The number of nitrogens with zero attached hydrogens (tertiary/aromatic N) is 3. The van der Waals surface area contributed by atoms with Crippen LogP contribution >= 0.6 is 0 Å². The van der Waals surface area contributed by atoms with Crippen LogP contribution in [0.25, 0.3) is 0 Å². The van der Waals surface area contributed by atoms with Crippen LogP contribution in [0.2, 0.25) is 0 Å². The van der Waals surface area contributed by atoms with Crippen LogP contribution in [-0.2, 0) is 24.3 Å². The third-order valence-corrected chi connectivity index (χ3v) is 4.81. The summed E-state index contributed by atoms with van der Waals surface area (Å²) in [5.74, 6) is -0.469. The van der Waals surface area contributed by atoms with E-state index in [4.69, 9.17) is 4.84 Å². The molecule has 11 nitrogen and oxygen atoms in total. The molecule has 3 saturated heterocycles. The first-order valence-corrected chi connectivity index (χ1v) is 8.97. The molecule has 3 aliphatic heterocycles. The van der Waals surface area contributed by atoms with Crippen LogP contribution in [0.4, 0.5) is 4.79 Å². The molecular weight excluding hydrogens is 367 g/mol. The second kappa shape index (κ2) is 8.05. The molecule has 3 aliphatic rings. The van der Waals surface area contributed by atoms with Crippen LogP contribution in [0.15, 0.2) is 0 Å². The van der Waals surface area contributed by atoms with Crippen molar-refractivity contribution in [2.45, 2.75) is 37.5 Å². The van der Waals surface area contributed by atoms with Crippen molar-refractivity contribution in [3.05, 3.63) is 0 Å². The first-order chi connectivity index (χ1) is 11.2. The van der Waals surface area contributed by atoms with Gasteiger partial charge in [0.2, 0.25) is 10.4 Å². The Balaban J connectivity index is 0.00000225. The zero-order valence-electron chi connectivity index (χ0n) is 14.1. The zero-order chi connectivity index (χ0) is 17.5. The summed E-state index contributed by atoms with van der Waals surface area (Å²) in [7, 11) is -3.09. The SMILES string of the molecule is CN1CC[C@H](ONC(=O)[C@@H]2CC[C@@H]3CN2C(=O)N3OS(=O)(=O)[O-])C1.[Na+]. The van der Waals surface area contributed by atoms with Crippen LogP contribution in [-0.4, -0.2) is 84.6 Å². The van der Waals surface area contributed by atoms with E-state index in [0.29, 0.717) is 24.4 Å². The third-order valence-electron chi connectivity index (χ3n) is 4.47. The van der Waals surface area contributed by atoms with Crippen molar-refractivity contribution in [3.63, 3.8) is 0 Å². The number of amides is 3. The first kappa shape index (κ1) is 20.8. The minimum atomic E-state index is -5.04. The van der Waals surface area contributed by atoms with Crippen molar-refractivity contribution in [3.8, 4) is 0 Å². The second-order valence-corrected chi connectivity index (χ2v) is 7.21. The van der Waals surface area contributed by atoms with E-state index in [1.807, 2.05) is 7.05 Å². The summed E-state index contributed by atoms with van der Waals surface area (Å²) >= 11 is 0. The van der Waals surface area contributed by atoms with Crippen molar-refractivity contribution in [1.29, 1.82) is 0 Å². The molecule has 25 heavy (non-hydrogen) atoms. The molecule has 0 unspecified atom stereocenters. The van der Waals surface area contributed by atoms with E-state index >= 15 is 0 Å². The fourth-order valence-electron chi connectivity index (χ4n) is 3.30. The van der Waals surface area contributed by atoms with Crippen LogP contribution in [0.1, 0.15) is 19.3 Å². The average Bonchev–Trinajstić information content (AvgIpc) is 3.02. The summed E-state index contributed by atoms with van der Waals surface area (Å²) in [6.45, 7) is 1.71. The van der Waals surface area contributed by atoms with Crippen molar-refractivity contribution in [2.75, 3.05) is 26.7 Å². The molecule has 0 aliphatic carbocycles. The average molecular weight is 386 g/mol. The molecule has 3 atom stereocenters. The number of hydrogen-bond donors (Lipinski definition) is 1. The molecule has 1 N–H and O–H groups in total. The molecule has 0 aromatic carbocycles. The van der Waals surface area contributed by atoms with Crippen LogP contribution < -0.4 is 35.0 Å². The zero-order valence-corrected chi connectivity index (χ0v) is 16.9. The Hall–Kier alpha value is -0.470. The minimum Gasteiger partial charge on any atom is -0.724 e. The number of likely N-dealkylation sites (N-methyl/N-ethyl adjacent to an activating group) is 1. The molecule has 3 rings (SSSR count). The molecule has 3 heterocycles. The van der Waals surface area contributed by atoms with Gasteiger partial charge in [0.25, 0.3) is 5.91 Å². The predicted molar refractivity (Wildman–Crippen MR) is 76.7 cm³/mol. The summed E-state index contributed by atoms with van der Waals surface area (Å²) in [5, 5.41) is 0.544. The molecule has 136 valence electrons. The quantitative estimate of drug-likeness (QED) is 0.216. The van der Waals surface area contributed by atoms with Gasteiger partial charge < -0.3 is 14.4 Å². The fraction of sp³-hybridized carbons (Fsp3) is 0.833. The van der Waals surface area contributed by atoms with Gasteiger partial charge in [-0.2, -0.15) is 9.35 Å². The summed E-state index contributed by atoms with van der Waals surface area (Å²) < 4.78 is 36.4. The maximum Gasteiger partial charge on any atom is 1.00 e. The van der Waals surface area contributed by atoms with Gasteiger partial charge in [-0.1, -0.05) is 0 Å².